The van der Waals surface area contributed by atoms with Crippen molar-refractivity contribution in [1.29, 1.82) is 5.26 Å². The minimum absolute atomic E-state index is 0.118. The van der Waals surface area contributed by atoms with E-state index in [0.717, 1.165) is 33.9 Å². The second kappa shape index (κ2) is 8.76. The van der Waals surface area contributed by atoms with Crippen LogP contribution in [0.1, 0.15) is 28.7 Å². The van der Waals surface area contributed by atoms with Gasteiger partial charge in [-0.15, -0.1) is 11.3 Å². The van der Waals surface area contributed by atoms with Crippen molar-refractivity contribution >= 4 is 50.8 Å². The molecule has 1 amide bonds. The molecule has 4 rings (SSSR count). The summed E-state index contributed by atoms with van der Waals surface area (Å²) in [7, 11) is 0. The van der Waals surface area contributed by atoms with Gasteiger partial charge in [0, 0.05) is 35.0 Å². The van der Waals surface area contributed by atoms with Crippen LogP contribution in [-0.2, 0) is 4.79 Å². The maximum atomic E-state index is 14.3. The van der Waals surface area contributed by atoms with Crippen molar-refractivity contribution in [3.8, 4) is 6.07 Å². The standard InChI is InChI=1S/C24H16F2N4O2S/c1-13-22(18-5-3-4-6-20(18)28-13)23(32)15(11-27)9-17-12-33-24(29-17)30(14(2)31)21-8-7-16(25)10-19(21)26/h3-10,12,28H,1-2H3/b15-9+. The number of H-pyrrole nitrogens is 1. The first-order chi connectivity index (χ1) is 15.8. The van der Waals surface area contributed by atoms with Gasteiger partial charge in [-0.3, -0.25) is 14.5 Å². The van der Waals surface area contributed by atoms with Crippen LogP contribution in [0.25, 0.3) is 17.0 Å². The summed E-state index contributed by atoms with van der Waals surface area (Å²) in [5, 5.41) is 12.0. The lowest BCUT2D eigenvalue weighted by Crippen LogP contribution is -2.23. The van der Waals surface area contributed by atoms with E-state index in [1.54, 1.807) is 24.4 Å². The Morgan fingerprint density at radius 2 is 1.97 bits per heavy atom. The molecule has 0 aliphatic heterocycles. The zero-order valence-corrected chi connectivity index (χ0v) is 18.3. The number of allylic oxidation sites excluding steroid dienone is 1. The molecule has 0 saturated heterocycles. The van der Waals surface area contributed by atoms with E-state index in [2.05, 4.69) is 9.97 Å². The van der Waals surface area contributed by atoms with Crippen molar-refractivity contribution in [2.45, 2.75) is 13.8 Å². The summed E-state index contributed by atoms with van der Waals surface area (Å²) in [6, 6.07) is 12.1. The van der Waals surface area contributed by atoms with Gasteiger partial charge in [-0.1, -0.05) is 18.2 Å². The molecule has 164 valence electrons. The predicted octanol–water partition coefficient (Wildman–Crippen LogP) is 5.69. The average molecular weight is 462 g/mol. The third kappa shape index (κ3) is 4.16. The summed E-state index contributed by atoms with van der Waals surface area (Å²) < 4.78 is 27.6. The highest BCUT2D eigenvalue weighted by atomic mass is 32.1. The van der Waals surface area contributed by atoms with E-state index in [-0.39, 0.29) is 22.1 Å². The fourth-order valence-electron chi connectivity index (χ4n) is 3.52. The SMILES string of the molecule is CC(=O)N(c1nc(/C=C(\C#N)C(=O)c2c(C)[nH]c3ccccc23)cs1)c1ccc(F)cc1F. The summed E-state index contributed by atoms with van der Waals surface area (Å²) in [5.74, 6) is -2.68. The van der Waals surface area contributed by atoms with Crippen LogP contribution in [0.2, 0.25) is 0 Å². The molecule has 9 heteroatoms. The van der Waals surface area contributed by atoms with Gasteiger partial charge in [0.2, 0.25) is 11.7 Å². The van der Waals surface area contributed by atoms with Crippen molar-refractivity contribution in [3.63, 3.8) is 0 Å². The number of aromatic amines is 1. The molecule has 0 fully saturated rings. The Bertz CT molecular complexity index is 1480. The lowest BCUT2D eigenvalue weighted by Gasteiger charge is -2.18. The Kier molecular flexibility index (Phi) is 5.85. The molecule has 1 N–H and O–H groups in total. The zero-order chi connectivity index (χ0) is 23.7. The first kappa shape index (κ1) is 22.0. The Labute approximate surface area is 191 Å². The number of hydrogen-bond acceptors (Lipinski definition) is 5. The van der Waals surface area contributed by atoms with Crippen molar-refractivity contribution in [2.75, 3.05) is 4.90 Å². The van der Waals surface area contributed by atoms with Gasteiger partial charge >= 0.3 is 0 Å². The lowest BCUT2D eigenvalue weighted by atomic mass is 10.0. The number of carbonyl (C=O) groups is 2. The molecule has 0 spiro atoms. The summed E-state index contributed by atoms with van der Waals surface area (Å²) in [4.78, 5) is 33.8. The molecule has 0 radical (unpaired) electrons. The summed E-state index contributed by atoms with van der Waals surface area (Å²) in [5.41, 5.74) is 1.78. The van der Waals surface area contributed by atoms with E-state index in [4.69, 9.17) is 0 Å². The third-order valence-corrected chi connectivity index (χ3v) is 5.79. The van der Waals surface area contributed by atoms with Crippen molar-refractivity contribution in [1.82, 2.24) is 9.97 Å². The average Bonchev–Trinajstić information content (AvgIpc) is 3.36. The number of nitriles is 1. The highest BCUT2D eigenvalue weighted by Crippen LogP contribution is 2.32. The van der Waals surface area contributed by atoms with E-state index in [1.807, 2.05) is 18.2 Å². The first-order valence-corrected chi connectivity index (χ1v) is 10.6. The Morgan fingerprint density at radius 3 is 2.67 bits per heavy atom. The fraction of sp³-hybridized carbons (Fsp3) is 0.0833. The second-order valence-corrected chi connectivity index (χ2v) is 8.01. The Hall–Kier alpha value is -4.16. The molecule has 0 unspecified atom stereocenters. The largest absolute Gasteiger partial charge is 0.358 e. The predicted molar refractivity (Wildman–Crippen MR) is 122 cm³/mol. The fourth-order valence-corrected chi connectivity index (χ4v) is 4.35. The molecule has 0 aliphatic rings. The number of fused-ring (bicyclic) bond motifs is 1. The number of halogens is 2. The number of anilines is 2. The molecule has 2 aromatic carbocycles. The second-order valence-electron chi connectivity index (χ2n) is 7.17. The molecule has 6 nitrogen and oxygen atoms in total. The number of benzene rings is 2. The number of rotatable bonds is 5. The molecule has 33 heavy (non-hydrogen) atoms. The minimum Gasteiger partial charge on any atom is -0.358 e. The molecular weight excluding hydrogens is 446 g/mol. The van der Waals surface area contributed by atoms with Crippen LogP contribution in [-0.4, -0.2) is 21.7 Å². The van der Waals surface area contributed by atoms with E-state index in [1.165, 1.54) is 13.0 Å². The summed E-state index contributed by atoms with van der Waals surface area (Å²) >= 11 is 1.02. The van der Waals surface area contributed by atoms with Gasteiger partial charge in [-0.2, -0.15) is 5.26 Å². The van der Waals surface area contributed by atoms with E-state index in [9.17, 15) is 23.6 Å². The molecule has 0 aliphatic carbocycles. The Balaban J connectivity index is 1.71. The summed E-state index contributed by atoms with van der Waals surface area (Å²) in [6.45, 7) is 2.98. The van der Waals surface area contributed by atoms with Crippen molar-refractivity contribution in [3.05, 3.63) is 82.0 Å². The number of aryl methyl sites for hydroxylation is 1. The molecule has 4 aromatic rings. The van der Waals surface area contributed by atoms with E-state index in [0.29, 0.717) is 22.7 Å². The number of nitrogens with one attached hydrogen (secondary N) is 1. The van der Waals surface area contributed by atoms with Gasteiger partial charge in [0.15, 0.2) is 5.13 Å². The molecular formula is C24H16F2N4O2S. The number of Topliss-reactive ketones (excluding diaryl/α,β-unsaturated/α-hetero) is 1. The van der Waals surface area contributed by atoms with Crippen LogP contribution >= 0.6 is 11.3 Å². The van der Waals surface area contributed by atoms with Crippen LogP contribution < -0.4 is 4.90 Å². The third-order valence-electron chi connectivity index (χ3n) is 4.94. The maximum absolute atomic E-state index is 14.3. The molecule has 2 heterocycles. The van der Waals surface area contributed by atoms with Crippen molar-refractivity contribution < 1.29 is 18.4 Å². The lowest BCUT2D eigenvalue weighted by molar-refractivity contribution is -0.115. The quantitative estimate of drug-likeness (QED) is 0.235. The summed E-state index contributed by atoms with van der Waals surface area (Å²) in [6.07, 6.45) is 1.32. The highest BCUT2D eigenvalue weighted by molar-refractivity contribution is 7.14. The van der Waals surface area contributed by atoms with E-state index >= 15 is 0 Å². The topological polar surface area (TPSA) is 89.8 Å². The number of ketones is 1. The normalized spacial score (nSPS) is 11.4. The molecule has 2 aromatic heterocycles. The maximum Gasteiger partial charge on any atom is 0.230 e. The van der Waals surface area contributed by atoms with Gasteiger partial charge in [-0.25, -0.2) is 13.8 Å². The van der Waals surface area contributed by atoms with Gasteiger partial charge in [0.1, 0.15) is 23.3 Å². The van der Waals surface area contributed by atoms with Crippen LogP contribution in [0.5, 0.6) is 0 Å². The number of nitrogens with zero attached hydrogens (tertiary/aromatic N) is 3. The number of carbonyl (C=O) groups excluding carboxylic acids is 2. The monoisotopic (exact) mass is 462 g/mol. The number of para-hydroxylation sites is 1. The number of thiazole rings is 1. The van der Waals surface area contributed by atoms with E-state index < -0.39 is 23.3 Å². The van der Waals surface area contributed by atoms with Gasteiger partial charge < -0.3 is 4.98 Å². The highest BCUT2D eigenvalue weighted by Gasteiger charge is 2.23. The smallest absolute Gasteiger partial charge is 0.230 e. The van der Waals surface area contributed by atoms with Crippen LogP contribution in [0, 0.1) is 29.9 Å². The zero-order valence-electron chi connectivity index (χ0n) is 17.5. The van der Waals surface area contributed by atoms with Crippen LogP contribution in [0.15, 0.2) is 53.4 Å². The van der Waals surface area contributed by atoms with Gasteiger partial charge in [0.05, 0.1) is 16.9 Å². The first-order valence-electron chi connectivity index (χ1n) is 9.75. The minimum atomic E-state index is -0.916. The van der Waals surface area contributed by atoms with Crippen molar-refractivity contribution in [2.24, 2.45) is 0 Å². The van der Waals surface area contributed by atoms with Crippen LogP contribution in [0.3, 0.4) is 0 Å². The molecule has 0 saturated carbocycles. The van der Waals surface area contributed by atoms with Crippen LogP contribution in [0.4, 0.5) is 19.6 Å². The number of amides is 1. The molecule has 0 atom stereocenters. The van der Waals surface area contributed by atoms with Gasteiger partial charge in [-0.05, 0) is 31.2 Å². The number of hydrogen-bond donors (Lipinski definition) is 1. The van der Waals surface area contributed by atoms with Gasteiger partial charge in [0.25, 0.3) is 0 Å². The number of aromatic nitrogens is 2. The Morgan fingerprint density at radius 1 is 1.21 bits per heavy atom. The molecule has 0 bridgehead atoms.